The topological polar surface area (TPSA) is 36.4 Å². The number of hydrogen-bond donors (Lipinski definition) is 0. The minimum atomic E-state index is 0.801. The van der Waals surface area contributed by atoms with E-state index < -0.39 is 0 Å². The molecule has 0 atom stereocenters. The van der Waals surface area contributed by atoms with Crippen molar-refractivity contribution in [3.05, 3.63) is 86.5 Å². The second-order valence-corrected chi connectivity index (χ2v) is 15.5. The Morgan fingerprint density at radius 1 is 0.531 bits per heavy atom. The molecule has 2 nitrogen and oxygen atoms in total. The van der Waals surface area contributed by atoms with Gasteiger partial charge in [-0.2, -0.15) is 0 Å². The van der Waals surface area contributed by atoms with Crippen LogP contribution in [0.25, 0.3) is 11.1 Å². The summed E-state index contributed by atoms with van der Waals surface area (Å²) in [7, 11) is 0. The van der Waals surface area contributed by atoms with E-state index in [0.29, 0.717) is 0 Å². The first-order valence-electron chi connectivity index (χ1n) is 20.1. The van der Waals surface area contributed by atoms with Gasteiger partial charge >= 0.3 is 34.6 Å². The molecule has 0 amide bonds. The molecule has 0 spiro atoms. The first-order chi connectivity index (χ1) is 24.0. The third kappa shape index (κ3) is 18.7. The Morgan fingerprint density at radius 3 is 1.24 bits per heavy atom. The summed E-state index contributed by atoms with van der Waals surface area (Å²) >= 11 is 0.950. The molecule has 0 unspecified atom stereocenters. The van der Waals surface area contributed by atoms with Crippen LogP contribution in [0.1, 0.15) is 190 Å². The number of unbranched alkanes of at least 4 members (excludes halogenated alkanes) is 11. The fraction of sp³-hybridized carbons (Fsp3) is 0.652. The van der Waals surface area contributed by atoms with Crippen molar-refractivity contribution in [2.75, 3.05) is 0 Å². The summed E-state index contributed by atoms with van der Waals surface area (Å²) in [6.45, 7) is 13.7. The molecule has 2 aromatic carbocycles. The van der Waals surface area contributed by atoms with Crippen LogP contribution in [-0.2, 0) is 43.7 Å². The third-order valence-corrected chi connectivity index (χ3v) is 9.44. The summed E-state index contributed by atoms with van der Waals surface area (Å²) in [6, 6.07) is 15.0. The Balaban J connectivity index is 0.00000385. The Hall–Kier alpha value is -2.00. The zero-order valence-electron chi connectivity index (χ0n) is 33.2. The van der Waals surface area contributed by atoms with Gasteiger partial charge in [-0.1, -0.05) is 149 Å². The predicted molar refractivity (Wildman–Crippen MR) is 215 cm³/mol. The quantitative estimate of drug-likeness (QED) is 0.0241. The van der Waals surface area contributed by atoms with Crippen LogP contribution in [0.5, 0.6) is 0 Å². The van der Waals surface area contributed by atoms with Gasteiger partial charge in [0.05, 0.1) is 5.57 Å². The van der Waals surface area contributed by atoms with Gasteiger partial charge in [-0.25, -0.2) is 0 Å². The van der Waals surface area contributed by atoms with E-state index in [9.17, 15) is 5.53 Å². The standard InChI is InChI=1S/C44H68N2.2CH3.Pd/c1-7-13-18-21-26-38-30-39(27-22-19-14-8-2)34-42(33-38)44(43(28-23-20-15-9-3)40(12-6)35-46-45)41-31-36(24-16-10-4)29-37(32-41)25-17-11-5;;;/h29-34H,7-28H2,1-6H3;2*1H3;. The first kappa shape index (κ1) is 45.0. The Bertz CT molecular complexity index is 1220. The average molecular weight is 762 g/mol. The number of nitrogens with zero attached hydrogens (tertiary/aromatic N) is 2. The maximum absolute atomic E-state index is 9.77. The van der Waals surface area contributed by atoms with Crippen LogP contribution in [-0.4, -0.2) is 10.7 Å². The van der Waals surface area contributed by atoms with Gasteiger partial charge in [-0.05, 0) is 115 Å². The van der Waals surface area contributed by atoms with Crippen molar-refractivity contribution in [3.63, 3.8) is 0 Å². The molecule has 2 aromatic rings. The van der Waals surface area contributed by atoms with E-state index in [1.807, 2.05) is 0 Å². The van der Waals surface area contributed by atoms with E-state index in [4.69, 9.17) is 0 Å². The molecule has 0 aliphatic heterocycles. The van der Waals surface area contributed by atoms with Crippen LogP contribution < -0.4 is 0 Å². The van der Waals surface area contributed by atoms with Gasteiger partial charge < -0.3 is 5.53 Å². The zero-order valence-corrected chi connectivity index (χ0v) is 34.8. The summed E-state index contributed by atoms with van der Waals surface area (Å²) in [5, 5.41) is 4.35. The molecular weight excluding hydrogens is 687 g/mol. The molecule has 0 aliphatic rings. The van der Waals surface area contributed by atoms with Crippen molar-refractivity contribution >= 4 is 11.4 Å². The van der Waals surface area contributed by atoms with Crippen LogP contribution in [0.3, 0.4) is 0 Å². The van der Waals surface area contributed by atoms with E-state index >= 15 is 0 Å². The van der Waals surface area contributed by atoms with Crippen molar-refractivity contribution in [1.82, 2.24) is 0 Å². The number of benzene rings is 2. The number of aryl methyl sites for hydroxylation is 4. The van der Waals surface area contributed by atoms with Crippen molar-refractivity contribution in [1.29, 1.82) is 0 Å². The minimum absolute atomic E-state index is 0.801. The molecular formula is C46H74N2Pd. The Labute approximate surface area is 312 Å². The summed E-state index contributed by atoms with van der Waals surface area (Å²) in [6.07, 6.45) is 26.3. The first-order valence-corrected chi connectivity index (χ1v) is 23.2. The van der Waals surface area contributed by atoms with Crippen molar-refractivity contribution in [3.8, 4) is 0 Å². The molecule has 3 heteroatoms. The maximum atomic E-state index is 9.77. The molecule has 2 rings (SSSR count). The Kier molecular flexibility index (Phi) is 27.3. The molecule has 0 saturated carbocycles. The average Bonchev–Trinajstić information content (AvgIpc) is 3.10. The second kappa shape index (κ2) is 29.7. The van der Waals surface area contributed by atoms with E-state index in [0.717, 1.165) is 68.5 Å². The molecule has 49 heavy (non-hydrogen) atoms. The van der Waals surface area contributed by atoms with Crippen molar-refractivity contribution in [2.45, 2.75) is 194 Å². The normalized spacial score (nSPS) is 11.4. The van der Waals surface area contributed by atoms with Crippen LogP contribution in [0.2, 0.25) is 10.8 Å². The molecule has 0 fully saturated rings. The van der Waals surface area contributed by atoms with Gasteiger partial charge in [-0.15, -0.1) is 4.79 Å². The van der Waals surface area contributed by atoms with Crippen LogP contribution >= 0.6 is 0 Å². The van der Waals surface area contributed by atoms with Gasteiger partial charge in [0.15, 0.2) is 0 Å². The number of hydrogen-bond acceptors (Lipinski definition) is 0. The monoisotopic (exact) mass is 760 g/mol. The SMILES string of the molecule is CCCCCCC(C(=C=[N+]=[N-])CC)=C(c1cc(CCCC)cc(CCCC)c1)c1cc(CCCCCC)cc(CCCCCC)c1.[CH3][Pd][CH3]. The van der Waals surface area contributed by atoms with Crippen LogP contribution in [0.4, 0.5) is 0 Å². The van der Waals surface area contributed by atoms with Crippen molar-refractivity contribution in [2.24, 2.45) is 0 Å². The van der Waals surface area contributed by atoms with E-state index in [2.05, 4.69) is 99.4 Å². The molecule has 278 valence electrons. The summed E-state index contributed by atoms with van der Waals surface area (Å²) < 4.78 is 0. The van der Waals surface area contributed by atoms with Gasteiger partial charge in [0, 0.05) is 0 Å². The van der Waals surface area contributed by atoms with Gasteiger partial charge in [0.1, 0.15) is 0 Å². The molecule has 0 radical (unpaired) electrons. The van der Waals surface area contributed by atoms with Gasteiger partial charge in [0.2, 0.25) is 0 Å². The fourth-order valence-electron chi connectivity index (χ4n) is 6.76. The van der Waals surface area contributed by atoms with Crippen molar-refractivity contribution < 1.29 is 22.8 Å². The summed E-state index contributed by atoms with van der Waals surface area (Å²) in [5.74, 6) is 3.06. The van der Waals surface area contributed by atoms with E-state index in [1.54, 1.807) is 0 Å². The third-order valence-electron chi connectivity index (χ3n) is 9.44. The summed E-state index contributed by atoms with van der Waals surface area (Å²) in [4.78, 5) is 3.49. The molecule has 0 aliphatic carbocycles. The molecule has 0 N–H and O–H groups in total. The predicted octanol–water partition coefficient (Wildman–Crippen LogP) is 14.8. The van der Waals surface area contributed by atoms with Gasteiger partial charge in [0.25, 0.3) is 0 Å². The van der Waals surface area contributed by atoms with E-state index in [1.165, 1.54) is 141 Å². The van der Waals surface area contributed by atoms with Crippen LogP contribution in [0.15, 0.2) is 47.5 Å². The molecule has 0 saturated heterocycles. The molecule has 0 aromatic heterocycles. The second-order valence-electron chi connectivity index (χ2n) is 13.9. The van der Waals surface area contributed by atoms with E-state index in [-0.39, 0.29) is 0 Å². The molecule has 0 heterocycles. The Morgan fingerprint density at radius 2 is 0.898 bits per heavy atom. The summed E-state index contributed by atoms with van der Waals surface area (Å²) in [5.41, 5.74) is 22.1. The zero-order chi connectivity index (χ0) is 36.1. The number of allylic oxidation sites excluding steroid dienone is 2. The fourth-order valence-corrected chi connectivity index (χ4v) is 6.76. The van der Waals surface area contributed by atoms with Gasteiger partial charge in [-0.3, -0.25) is 0 Å². The van der Waals surface area contributed by atoms with Crippen LogP contribution in [0, 0.1) is 0 Å². The number of rotatable bonds is 25. The molecule has 0 bridgehead atoms.